The Labute approximate surface area is 122 Å². The third kappa shape index (κ3) is 2.84. The molecule has 0 saturated heterocycles. The van der Waals surface area contributed by atoms with Gasteiger partial charge >= 0.3 is 0 Å². The lowest BCUT2D eigenvalue weighted by molar-refractivity contribution is 0.627. The number of nitrogens with two attached hydrogens (primary N) is 1. The zero-order valence-electron chi connectivity index (χ0n) is 11.7. The number of aromatic nitrogens is 2. The number of benzene rings is 1. The van der Waals surface area contributed by atoms with Crippen LogP contribution in [0.15, 0.2) is 28.7 Å². The number of nitrogens with zero attached hydrogens (tertiary/aromatic N) is 2. The molecule has 2 rings (SSSR count). The van der Waals surface area contributed by atoms with E-state index < -0.39 is 0 Å². The molecule has 1 heterocycles. The molecule has 102 valence electrons. The van der Waals surface area contributed by atoms with Gasteiger partial charge in [0, 0.05) is 23.0 Å². The van der Waals surface area contributed by atoms with Gasteiger partial charge in [0.05, 0.1) is 5.69 Å². The molecule has 1 atom stereocenters. The van der Waals surface area contributed by atoms with Crippen molar-refractivity contribution in [1.82, 2.24) is 9.78 Å². The molecule has 4 heteroatoms. The van der Waals surface area contributed by atoms with Gasteiger partial charge in [0.2, 0.25) is 0 Å². The van der Waals surface area contributed by atoms with Gasteiger partial charge in [-0.3, -0.25) is 4.68 Å². The third-order valence-corrected chi connectivity index (χ3v) is 3.91. The van der Waals surface area contributed by atoms with Crippen LogP contribution < -0.4 is 5.73 Å². The number of rotatable bonds is 4. The second kappa shape index (κ2) is 5.78. The van der Waals surface area contributed by atoms with E-state index in [1.54, 1.807) is 4.68 Å². The maximum absolute atomic E-state index is 6.20. The van der Waals surface area contributed by atoms with Crippen LogP contribution in [0.3, 0.4) is 0 Å². The predicted octanol–water partition coefficient (Wildman–Crippen LogP) is 4.34. The Morgan fingerprint density at radius 3 is 2.79 bits per heavy atom. The molecule has 1 aromatic carbocycles. The van der Waals surface area contributed by atoms with Crippen molar-refractivity contribution >= 4 is 21.7 Å². The van der Waals surface area contributed by atoms with Crippen molar-refractivity contribution in [3.05, 3.63) is 34.4 Å². The van der Waals surface area contributed by atoms with Gasteiger partial charge in [-0.25, -0.2) is 0 Å². The fourth-order valence-electron chi connectivity index (χ4n) is 2.41. The van der Waals surface area contributed by atoms with E-state index in [1.807, 2.05) is 19.2 Å². The number of anilines is 1. The molecular weight excluding hydrogens is 302 g/mol. The summed E-state index contributed by atoms with van der Waals surface area (Å²) in [5.41, 5.74) is 9.50. The molecule has 2 aromatic rings. The molecule has 0 bridgehead atoms. The molecular formula is C15H20BrN3. The molecule has 0 aliphatic heterocycles. The van der Waals surface area contributed by atoms with E-state index in [-0.39, 0.29) is 0 Å². The van der Waals surface area contributed by atoms with Crippen molar-refractivity contribution in [1.29, 1.82) is 0 Å². The van der Waals surface area contributed by atoms with E-state index in [0.29, 0.717) is 5.92 Å². The normalized spacial score (nSPS) is 12.6. The lowest BCUT2D eigenvalue weighted by Crippen LogP contribution is -1.98. The molecule has 0 radical (unpaired) electrons. The molecule has 0 spiro atoms. The van der Waals surface area contributed by atoms with Crippen LogP contribution in [0.2, 0.25) is 0 Å². The highest BCUT2D eigenvalue weighted by atomic mass is 79.9. The summed E-state index contributed by atoms with van der Waals surface area (Å²) < 4.78 is 2.83. The van der Waals surface area contributed by atoms with Gasteiger partial charge in [0.1, 0.15) is 5.82 Å². The van der Waals surface area contributed by atoms with Crippen molar-refractivity contribution < 1.29 is 0 Å². The number of nitrogen functional groups attached to an aromatic ring is 1. The summed E-state index contributed by atoms with van der Waals surface area (Å²) in [6.07, 6.45) is 2.27. The molecule has 1 aromatic heterocycles. The third-order valence-electron chi connectivity index (χ3n) is 3.42. The number of hydrogen-bond acceptors (Lipinski definition) is 2. The highest BCUT2D eigenvalue weighted by molar-refractivity contribution is 9.10. The van der Waals surface area contributed by atoms with Crippen molar-refractivity contribution in [2.45, 2.75) is 32.6 Å². The zero-order chi connectivity index (χ0) is 14.0. The molecule has 2 N–H and O–H groups in total. The van der Waals surface area contributed by atoms with Gasteiger partial charge in [-0.2, -0.15) is 5.10 Å². The van der Waals surface area contributed by atoms with Crippen LogP contribution in [-0.4, -0.2) is 9.78 Å². The van der Waals surface area contributed by atoms with E-state index in [4.69, 9.17) is 5.73 Å². The second-order valence-corrected chi connectivity index (χ2v) is 5.88. The SMILES string of the molecule is CCCC(C)c1nn(C)c(N)c1-c1cccc(Br)c1. The molecule has 0 aliphatic rings. The zero-order valence-corrected chi connectivity index (χ0v) is 13.2. The number of hydrogen-bond donors (Lipinski definition) is 1. The molecule has 1 unspecified atom stereocenters. The molecule has 0 saturated carbocycles. The lowest BCUT2D eigenvalue weighted by Gasteiger charge is -2.10. The average molecular weight is 322 g/mol. The van der Waals surface area contributed by atoms with Crippen LogP contribution in [-0.2, 0) is 7.05 Å². The van der Waals surface area contributed by atoms with Crippen LogP contribution in [0.1, 0.15) is 38.3 Å². The second-order valence-electron chi connectivity index (χ2n) is 4.97. The van der Waals surface area contributed by atoms with Crippen molar-refractivity contribution in [2.24, 2.45) is 7.05 Å². The summed E-state index contributed by atoms with van der Waals surface area (Å²) in [6.45, 7) is 4.41. The van der Waals surface area contributed by atoms with Crippen molar-refractivity contribution in [2.75, 3.05) is 5.73 Å². The molecule has 19 heavy (non-hydrogen) atoms. The fraction of sp³-hybridized carbons (Fsp3) is 0.400. The highest BCUT2D eigenvalue weighted by Gasteiger charge is 2.20. The summed E-state index contributed by atoms with van der Waals surface area (Å²) in [6, 6.07) is 8.22. The van der Waals surface area contributed by atoms with Crippen LogP contribution in [0.5, 0.6) is 0 Å². The Kier molecular flexibility index (Phi) is 4.30. The van der Waals surface area contributed by atoms with Gasteiger partial charge in [0.25, 0.3) is 0 Å². The van der Waals surface area contributed by atoms with E-state index >= 15 is 0 Å². The van der Waals surface area contributed by atoms with Crippen LogP contribution in [0, 0.1) is 0 Å². The minimum atomic E-state index is 0.419. The number of aryl methyl sites for hydroxylation is 1. The van der Waals surface area contributed by atoms with E-state index in [9.17, 15) is 0 Å². The van der Waals surface area contributed by atoms with Gasteiger partial charge in [-0.1, -0.05) is 48.3 Å². The quantitative estimate of drug-likeness (QED) is 0.910. The minimum absolute atomic E-state index is 0.419. The lowest BCUT2D eigenvalue weighted by atomic mass is 9.95. The molecule has 0 fully saturated rings. The first kappa shape index (κ1) is 14.1. The maximum atomic E-state index is 6.20. The first-order valence-electron chi connectivity index (χ1n) is 6.62. The average Bonchev–Trinajstić information content (AvgIpc) is 2.66. The Hall–Kier alpha value is -1.29. The standard InChI is InChI=1S/C15H20BrN3/c1-4-6-10(2)14-13(15(17)19(3)18-14)11-7-5-8-12(16)9-11/h5,7-10H,4,6,17H2,1-3H3. The maximum Gasteiger partial charge on any atom is 0.129 e. The molecule has 3 nitrogen and oxygen atoms in total. The smallest absolute Gasteiger partial charge is 0.129 e. The summed E-state index contributed by atoms with van der Waals surface area (Å²) >= 11 is 3.52. The minimum Gasteiger partial charge on any atom is -0.383 e. The van der Waals surface area contributed by atoms with Crippen LogP contribution in [0.25, 0.3) is 11.1 Å². The topological polar surface area (TPSA) is 43.8 Å². The van der Waals surface area contributed by atoms with Gasteiger partial charge in [0.15, 0.2) is 0 Å². The fourth-order valence-corrected chi connectivity index (χ4v) is 2.81. The highest BCUT2D eigenvalue weighted by Crippen LogP contribution is 2.36. The van der Waals surface area contributed by atoms with Crippen LogP contribution >= 0.6 is 15.9 Å². The Bertz CT molecular complexity index is 575. The largest absolute Gasteiger partial charge is 0.383 e. The summed E-state index contributed by atoms with van der Waals surface area (Å²) in [5.74, 6) is 1.15. The van der Waals surface area contributed by atoms with Crippen molar-refractivity contribution in [3.63, 3.8) is 0 Å². The number of halogens is 1. The summed E-state index contributed by atoms with van der Waals surface area (Å²) in [5, 5.41) is 4.61. The summed E-state index contributed by atoms with van der Waals surface area (Å²) in [4.78, 5) is 0. The Balaban J connectivity index is 2.55. The first-order chi connectivity index (χ1) is 9.04. The summed E-state index contributed by atoms with van der Waals surface area (Å²) in [7, 11) is 1.90. The Morgan fingerprint density at radius 2 is 2.16 bits per heavy atom. The van der Waals surface area contributed by atoms with Gasteiger partial charge in [-0.15, -0.1) is 0 Å². The first-order valence-corrected chi connectivity index (χ1v) is 7.42. The van der Waals surface area contributed by atoms with E-state index in [2.05, 4.69) is 47.0 Å². The van der Waals surface area contributed by atoms with Gasteiger partial charge in [-0.05, 0) is 24.1 Å². The Morgan fingerprint density at radius 1 is 1.42 bits per heavy atom. The van der Waals surface area contributed by atoms with E-state index in [0.717, 1.165) is 40.0 Å². The predicted molar refractivity (Wildman–Crippen MR) is 84.1 cm³/mol. The van der Waals surface area contributed by atoms with Crippen LogP contribution in [0.4, 0.5) is 5.82 Å². The van der Waals surface area contributed by atoms with Gasteiger partial charge < -0.3 is 5.73 Å². The molecule has 0 amide bonds. The van der Waals surface area contributed by atoms with Crippen molar-refractivity contribution in [3.8, 4) is 11.1 Å². The monoisotopic (exact) mass is 321 g/mol. The molecule has 0 aliphatic carbocycles. The van der Waals surface area contributed by atoms with E-state index in [1.165, 1.54) is 0 Å².